The first-order valence-electron chi connectivity index (χ1n) is 10.6. The lowest BCUT2D eigenvalue weighted by Gasteiger charge is -2.42. The van der Waals surface area contributed by atoms with Crippen molar-refractivity contribution in [3.8, 4) is 0 Å². The van der Waals surface area contributed by atoms with Crippen LogP contribution in [0.3, 0.4) is 0 Å². The van der Waals surface area contributed by atoms with Crippen LogP contribution in [0.4, 0.5) is 20.3 Å². The van der Waals surface area contributed by atoms with Crippen molar-refractivity contribution in [2.24, 2.45) is 5.92 Å². The molecule has 1 aliphatic carbocycles. The molecule has 1 saturated carbocycles. The third-order valence-corrected chi connectivity index (χ3v) is 6.36. The number of nitrogens with one attached hydrogen (secondary N) is 1. The first kappa shape index (κ1) is 20.7. The minimum atomic E-state index is -2.90. The first-order valence-corrected chi connectivity index (χ1v) is 10.6. The van der Waals surface area contributed by atoms with Gasteiger partial charge in [-0.1, -0.05) is 0 Å². The summed E-state index contributed by atoms with van der Waals surface area (Å²) in [6, 6.07) is 6.11. The molecule has 2 heterocycles. The van der Waals surface area contributed by atoms with E-state index in [1.807, 2.05) is 18.2 Å². The largest absolute Gasteiger partial charge is 0.399 e. The van der Waals surface area contributed by atoms with E-state index in [2.05, 4.69) is 20.2 Å². The van der Waals surface area contributed by atoms with Gasteiger partial charge in [0.1, 0.15) is 12.1 Å². The third-order valence-electron chi connectivity index (χ3n) is 6.36. The molecule has 2 aliphatic rings. The zero-order chi connectivity index (χ0) is 21.1. The fourth-order valence-corrected chi connectivity index (χ4v) is 4.62. The van der Waals surface area contributed by atoms with Crippen LogP contribution in [0.15, 0.2) is 24.5 Å². The topological polar surface area (TPSA) is 87.4 Å². The number of nitrogens with two attached hydrogens (primary N) is 1. The Morgan fingerprint density at radius 3 is 2.57 bits per heavy atom. The van der Waals surface area contributed by atoms with Gasteiger partial charge in [0.05, 0.1) is 5.52 Å². The predicted molar refractivity (Wildman–Crippen MR) is 112 cm³/mol. The molecule has 3 N–H and O–H groups in total. The molecular formula is C21H28F2N6O. The summed E-state index contributed by atoms with van der Waals surface area (Å²) in [6.07, 6.45) is 3.07. The number of rotatable bonds is 5. The van der Waals surface area contributed by atoms with Gasteiger partial charge in [0, 0.05) is 49.8 Å². The van der Waals surface area contributed by atoms with Crippen molar-refractivity contribution < 1.29 is 13.6 Å². The normalized spacial score (nSPS) is 23.1. The van der Waals surface area contributed by atoms with Crippen LogP contribution in [0, 0.1) is 5.92 Å². The molecule has 2 aromatic rings. The SMILES string of the molecule is Nc1ccc2ncnc(NCC3CCC(N4CCN(C(=O)C(F)F)CC4)CC3)c2c1. The average Bonchev–Trinajstić information content (AvgIpc) is 2.77. The number of amides is 1. The van der Waals surface area contributed by atoms with Crippen molar-refractivity contribution in [3.05, 3.63) is 24.5 Å². The summed E-state index contributed by atoms with van der Waals surface area (Å²) in [7, 11) is 0. The zero-order valence-corrected chi connectivity index (χ0v) is 16.9. The van der Waals surface area contributed by atoms with E-state index in [0.29, 0.717) is 43.8 Å². The Morgan fingerprint density at radius 2 is 1.87 bits per heavy atom. The van der Waals surface area contributed by atoms with Gasteiger partial charge in [-0.05, 0) is 49.8 Å². The summed E-state index contributed by atoms with van der Waals surface area (Å²) in [5.41, 5.74) is 7.47. The highest BCUT2D eigenvalue weighted by Gasteiger charge is 2.31. The van der Waals surface area contributed by atoms with Gasteiger partial charge in [0.15, 0.2) is 0 Å². The summed E-state index contributed by atoms with van der Waals surface area (Å²) >= 11 is 0. The second-order valence-corrected chi connectivity index (χ2v) is 8.22. The Bertz CT molecular complexity index is 879. The van der Waals surface area contributed by atoms with Gasteiger partial charge >= 0.3 is 6.43 Å². The van der Waals surface area contributed by atoms with Crippen LogP contribution >= 0.6 is 0 Å². The minimum Gasteiger partial charge on any atom is -0.399 e. The fourth-order valence-electron chi connectivity index (χ4n) is 4.62. The van der Waals surface area contributed by atoms with Crippen LogP contribution in [0.5, 0.6) is 0 Å². The van der Waals surface area contributed by atoms with Crippen molar-refractivity contribution in [1.29, 1.82) is 0 Å². The maximum atomic E-state index is 12.6. The molecular weight excluding hydrogens is 390 g/mol. The van der Waals surface area contributed by atoms with Gasteiger partial charge in [-0.2, -0.15) is 8.78 Å². The van der Waals surface area contributed by atoms with E-state index in [-0.39, 0.29) is 0 Å². The first-order chi connectivity index (χ1) is 14.5. The molecule has 0 atom stereocenters. The summed E-state index contributed by atoms with van der Waals surface area (Å²) < 4.78 is 25.2. The lowest BCUT2D eigenvalue weighted by Crippen LogP contribution is -2.53. The molecule has 0 spiro atoms. The van der Waals surface area contributed by atoms with Crippen molar-refractivity contribution >= 4 is 28.3 Å². The molecule has 0 radical (unpaired) electrons. The lowest BCUT2D eigenvalue weighted by molar-refractivity contribution is -0.145. The van der Waals surface area contributed by atoms with E-state index in [4.69, 9.17) is 5.73 Å². The molecule has 4 rings (SSSR count). The molecule has 0 bridgehead atoms. The van der Waals surface area contributed by atoms with E-state index < -0.39 is 12.3 Å². The Kier molecular flexibility index (Phi) is 6.26. The van der Waals surface area contributed by atoms with Crippen molar-refractivity contribution in [1.82, 2.24) is 19.8 Å². The highest BCUT2D eigenvalue weighted by Crippen LogP contribution is 2.29. The van der Waals surface area contributed by atoms with Crippen LogP contribution in [-0.4, -0.2) is 70.9 Å². The average molecular weight is 418 g/mol. The minimum absolute atomic E-state index is 0.397. The standard InChI is InChI=1S/C21H28F2N6O/c22-19(23)21(30)29-9-7-28(8-10-29)16-4-1-14(2-5-16)12-25-20-17-11-15(24)3-6-18(17)26-13-27-20/h3,6,11,13-14,16,19H,1-2,4-5,7-10,12,24H2,(H,25,26,27). The van der Waals surface area contributed by atoms with E-state index in [1.54, 1.807) is 6.33 Å². The molecule has 1 amide bonds. The van der Waals surface area contributed by atoms with Gasteiger partial charge in [-0.15, -0.1) is 0 Å². The van der Waals surface area contributed by atoms with E-state index in [0.717, 1.165) is 48.9 Å². The Labute approximate surface area is 174 Å². The molecule has 2 fully saturated rings. The number of hydrogen-bond acceptors (Lipinski definition) is 6. The van der Waals surface area contributed by atoms with Crippen LogP contribution < -0.4 is 11.1 Å². The smallest absolute Gasteiger partial charge is 0.315 e. The maximum Gasteiger partial charge on any atom is 0.315 e. The number of piperazine rings is 1. The molecule has 1 aromatic carbocycles. The number of aromatic nitrogens is 2. The van der Waals surface area contributed by atoms with Crippen molar-refractivity contribution in [2.75, 3.05) is 43.8 Å². The van der Waals surface area contributed by atoms with Gasteiger partial charge in [-0.3, -0.25) is 9.69 Å². The van der Waals surface area contributed by atoms with E-state index in [1.165, 1.54) is 4.90 Å². The van der Waals surface area contributed by atoms with Gasteiger partial charge < -0.3 is 16.0 Å². The Morgan fingerprint density at radius 1 is 1.13 bits per heavy atom. The number of benzene rings is 1. The lowest BCUT2D eigenvalue weighted by atomic mass is 9.85. The molecule has 0 unspecified atom stereocenters. The quantitative estimate of drug-likeness (QED) is 0.726. The highest BCUT2D eigenvalue weighted by atomic mass is 19.3. The second-order valence-electron chi connectivity index (χ2n) is 8.22. The summed E-state index contributed by atoms with van der Waals surface area (Å²) in [5.74, 6) is 0.340. The molecule has 162 valence electrons. The number of carbonyl (C=O) groups excluding carboxylic acids is 1. The number of halogens is 2. The third kappa shape index (κ3) is 4.61. The summed E-state index contributed by atoms with van der Waals surface area (Å²) in [6.45, 7) is 3.01. The van der Waals surface area contributed by atoms with Gasteiger partial charge in [-0.25, -0.2) is 9.97 Å². The number of fused-ring (bicyclic) bond motifs is 1. The van der Waals surface area contributed by atoms with Crippen LogP contribution in [0.1, 0.15) is 25.7 Å². The van der Waals surface area contributed by atoms with E-state index >= 15 is 0 Å². The molecule has 30 heavy (non-hydrogen) atoms. The number of nitrogen functional groups attached to an aromatic ring is 1. The number of hydrogen-bond donors (Lipinski definition) is 2. The Balaban J connectivity index is 1.25. The predicted octanol–water partition coefficient (Wildman–Crippen LogP) is 2.59. The highest BCUT2D eigenvalue weighted by molar-refractivity contribution is 5.91. The molecule has 1 aliphatic heterocycles. The monoisotopic (exact) mass is 418 g/mol. The fraction of sp³-hybridized carbons (Fsp3) is 0.571. The summed E-state index contributed by atoms with van der Waals surface area (Å²) in [5, 5.41) is 4.41. The molecule has 7 nitrogen and oxygen atoms in total. The number of nitrogens with zero attached hydrogens (tertiary/aromatic N) is 4. The van der Waals surface area contributed by atoms with E-state index in [9.17, 15) is 13.6 Å². The van der Waals surface area contributed by atoms with Crippen molar-refractivity contribution in [2.45, 2.75) is 38.2 Å². The van der Waals surface area contributed by atoms with Gasteiger partial charge in [0.2, 0.25) is 0 Å². The van der Waals surface area contributed by atoms with Crippen LogP contribution in [0.25, 0.3) is 10.9 Å². The number of anilines is 2. The maximum absolute atomic E-state index is 12.6. The number of carbonyl (C=O) groups is 1. The zero-order valence-electron chi connectivity index (χ0n) is 16.9. The van der Waals surface area contributed by atoms with Crippen LogP contribution in [0.2, 0.25) is 0 Å². The number of alkyl halides is 2. The van der Waals surface area contributed by atoms with Crippen molar-refractivity contribution in [3.63, 3.8) is 0 Å². The molecule has 1 saturated heterocycles. The molecule has 1 aromatic heterocycles. The molecule has 9 heteroatoms. The van der Waals surface area contributed by atoms with Crippen LogP contribution in [-0.2, 0) is 4.79 Å². The second kappa shape index (κ2) is 9.07. The summed E-state index contributed by atoms with van der Waals surface area (Å²) in [4.78, 5) is 23.8. The van der Waals surface area contributed by atoms with Gasteiger partial charge in [0.25, 0.3) is 5.91 Å². The Hall–Kier alpha value is -2.55.